The lowest BCUT2D eigenvalue weighted by molar-refractivity contribution is 0.509. The van der Waals surface area contributed by atoms with Crippen molar-refractivity contribution in [1.82, 2.24) is 15.2 Å². The molecule has 0 fully saturated rings. The molecule has 0 aliphatic rings. The Bertz CT molecular complexity index is 837. The Morgan fingerprint density at radius 3 is 2.54 bits per heavy atom. The van der Waals surface area contributed by atoms with Crippen molar-refractivity contribution in [2.45, 2.75) is 13.5 Å². The molecule has 122 valence electrons. The third-order valence-electron chi connectivity index (χ3n) is 3.32. The van der Waals surface area contributed by atoms with Gasteiger partial charge in [0.25, 0.3) is 0 Å². The van der Waals surface area contributed by atoms with Crippen LogP contribution in [0.4, 0.5) is 26.2 Å². The van der Waals surface area contributed by atoms with Gasteiger partial charge in [0.05, 0.1) is 6.20 Å². The molecular formula is C17H15F2N5. The van der Waals surface area contributed by atoms with Crippen molar-refractivity contribution in [3.8, 4) is 0 Å². The number of rotatable bonds is 5. The van der Waals surface area contributed by atoms with E-state index in [2.05, 4.69) is 25.8 Å². The summed E-state index contributed by atoms with van der Waals surface area (Å²) in [6.45, 7) is 2.58. The minimum atomic E-state index is -0.931. The molecule has 0 bridgehead atoms. The number of hydrogen-bond donors (Lipinski definition) is 2. The van der Waals surface area contributed by atoms with E-state index in [1.807, 2.05) is 31.2 Å². The molecular weight excluding hydrogens is 312 g/mol. The normalized spacial score (nSPS) is 10.5. The van der Waals surface area contributed by atoms with Crippen molar-refractivity contribution in [3.05, 3.63) is 71.4 Å². The summed E-state index contributed by atoms with van der Waals surface area (Å²) < 4.78 is 26.2. The van der Waals surface area contributed by atoms with Crippen LogP contribution in [0.1, 0.15) is 11.1 Å². The second-order valence-corrected chi connectivity index (χ2v) is 5.26. The Morgan fingerprint density at radius 2 is 1.79 bits per heavy atom. The molecule has 0 amide bonds. The van der Waals surface area contributed by atoms with Gasteiger partial charge in [-0.15, -0.1) is 5.10 Å². The number of nitrogens with zero attached hydrogens (tertiary/aromatic N) is 3. The number of halogens is 2. The van der Waals surface area contributed by atoms with E-state index in [0.717, 1.165) is 17.7 Å². The molecule has 5 nitrogen and oxygen atoms in total. The molecule has 0 saturated heterocycles. The Balaban J connectivity index is 1.67. The molecule has 0 aliphatic heterocycles. The zero-order chi connectivity index (χ0) is 16.9. The number of nitrogens with one attached hydrogen (secondary N) is 2. The van der Waals surface area contributed by atoms with E-state index in [0.29, 0.717) is 24.0 Å². The van der Waals surface area contributed by atoms with Crippen molar-refractivity contribution in [3.63, 3.8) is 0 Å². The molecule has 0 saturated carbocycles. The maximum absolute atomic E-state index is 13.2. The molecule has 0 unspecified atom stereocenters. The first-order valence-electron chi connectivity index (χ1n) is 7.31. The van der Waals surface area contributed by atoms with Crippen molar-refractivity contribution >= 4 is 17.5 Å². The molecule has 1 heterocycles. The predicted octanol–water partition coefficient (Wildman–Crippen LogP) is 3.81. The summed E-state index contributed by atoms with van der Waals surface area (Å²) in [6.07, 6.45) is 1.40. The van der Waals surface area contributed by atoms with Gasteiger partial charge < -0.3 is 10.6 Å². The molecule has 0 spiro atoms. The number of anilines is 3. The van der Waals surface area contributed by atoms with Crippen LogP contribution >= 0.6 is 0 Å². The smallest absolute Gasteiger partial charge is 0.244 e. The average molecular weight is 327 g/mol. The van der Waals surface area contributed by atoms with E-state index in [4.69, 9.17) is 0 Å². The van der Waals surface area contributed by atoms with Crippen LogP contribution in [0.5, 0.6) is 0 Å². The summed E-state index contributed by atoms with van der Waals surface area (Å²) in [4.78, 5) is 4.24. The van der Waals surface area contributed by atoms with Gasteiger partial charge in [0, 0.05) is 18.3 Å². The second-order valence-electron chi connectivity index (χ2n) is 5.26. The number of aromatic nitrogens is 3. The molecule has 2 N–H and O–H groups in total. The summed E-state index contributed by atoms with van der Waals surface area (Å²) in [7, 11) is 0. The quantitative estimate of drug-likeness (QED) is 0.746. The van der Waals surface area contributed by atoms with Gasteiger partial charge in [-0.05, 0) is 24.6 Å². The summed E-state index contributed by atoms with van der Waals surface area (Å²) >= 11 is 0. The van der Waals surface area contributed by atoms with E-state index < -0.39 is 11.6 Å². The Morgan fingerprint density at radius 1 is 1.00 bits per heavy atom. The van der Waals surface area contributed by atoms with E-state index in [1.54, 1.807) is 0 Å². The number of aryl methyl sites for hydroxylation is 1. The fourth-order valence-corrected chi connectivity index (χ4v) is 2.05. The molecule has 24 heavy (non-hydrogen) atoms. The zero-order valence-electron chi connectivity index (χ0n) is 12.9. The summed E-state index contributed by atoms with van der Waals surface area (Å²) in [5.74, 6) is -1.12. The third kappa shape index (κ3) is 4.01. The molecule has 2 aromatic carbocycles. The topological polar surface area (TPSA) is 62.7 Å². The maximum atomic E-state index is 13.2. The van der Waals surface area contributed by atoms with Crippen LogP contribution in [0, 0.1) is 18.6 Å². The average Bonchev–Trinajstić information content (AvgIpc) is 2.58. The lowest BCUT2D eigenvalue weighted by Gasteiger charge is -2.08. The maximum Gasteiger partial charge on any atom is 0.244 e. The van der Waals surface area contributed by atoms with Gasteiger partial charge in [0.15, 0.2) is 17.5 Å². The van der Waals surface area contributed by atoms with Crippen LogP contribution in [0.15, 0.2) is 48.7 Å². The van der Waals surface area contributed by atoms with E-state index in [-0.39, 0.29) is 0 Å². The monoisotopic (exact) mass is 327 g/mol. The summed E-state index contributed by atoms with van der Waals surface area (Å²) in [6, 6.07) is 11.6. The summed E-state index contributed by atoms with van der Waals surface area (Å²) in [5.41, 5.74) is 2.65. The third-order valence-corrected chi connectivity index (χ3v) is 3.32. The van der Waals surface area contributed by atoms with Crippen molar-refractivity contribution < 1.29 is 8.78 Å². The highest BCUT2D eigenvalue weighted by Crippen LogP contribution is 2.17. The van der Waals surface area contributed by atoms with Gasteiger partial charge in [-0.3, -0.25) is 0 Å². The number of benzene rings is 2. The van der Waals surface area contributed by atoms with E-state index in [9.17, 15) is 8.78 Å². The highest BCUT2D eigenvalue weighted by Gasteiger charge is 2.05. The lowest BCUT2D eigenvalue weighted by Crippen LogP contribution is -2.06. The molecule has 3 aromatic rings. The zero-order valence-corrected chi connectivity index (χ0v) is 12.9. The highest BCUT2D eigenvalue weighted by atomic mass is 19.2. The van der Waals surface area contributed by atoms with E-state index >= 15 is 0 Å². The SMILES string of the molecule is Cc1ccc(CNc2nncc(Nc3ccc(F)c(F)c3)n2)cc1. The first-order valence-corrected chi connectivity index (χ1v) is 7.31. The fraction of sp³-hybridized carbons (Fsp3) is 0.118. The van der Waals surface area contributed by atoms with Crippen molar-refractivity contribution in [2.75, 3.05) is 10.6 Å². The Hall–Kier alpha value is -3.09. The van der Waals surface area contributed by atoms with Gasteiger partial charge in [-0.2, -0.15) is 10.1 Å². The van der Waals surface area contributed by atoms with Gasteiger partial charge in [-0.25, -0.2) is 8.78 Å². The second kappa shape index (κ2) is 6.99. The van der Waals surface area contributed by atoms with Crippen molar-refractivity contribution in [2.24, 2.45) is 0 Å². The first-order chi connectivity index (χ1) is 11.6. The van der Waals surface area contributed by atoms with Crippen LogP contribution < -0.4 is 10.6 Å². The molecule has 0 aliphatic carbocycles. The highest BCUT2D eigenvalue weighted by molar-refractivity contribution is 5.56. The molecule has 0 atom stereocenters. The predicted molar refractivity (Wildman–Crippen MR) is 88.0 cm³/mol. The van der Waals surface area contributed by atoms with E-state index in [1.165, 1.54) is 17.8 Å². The van der Waals surface area contributed by atoms with Gasteiger partial charge in [0.2, 0.25) is 5.95 Å². The van der Waals surface area contributed by atoms with Gasteiger partial charge in [-0.1, -0.05) is 29.8 Å². The fourth-order valence-electron chi connectivity index (χ4n) is 2.05. The van der Waals surface area contributed by atoms with Crippen LogP contribution in [0.3, 0.4) is 0 Å². The minimum Gasteiger partial charge on any atom is -0.349 e. The largest absolute Gasteiger partial charge is 0.349 e. The van der Waals surface area contributed by atoms with Crippen LogP contribution in [-0.2, 0) is 6.54 Å². The Labute approximate surface area is 137 Å². The van der Waals surface area contributed by atoms with Crippen LogP contribution in [-0.4, -0.2) is 15.2 Å². The van der Waals surface area contributed by atoms with Gasteiger partial charge in [0.1, 0.15) is 0 Å². The standard InChI is InChI=1S/C17H15F2N5/c1-11-2-4-12(5-3-11)9-20-17-23-16(10-21-24-17)22-13-6-7-14(18)15(19)8-13/h2-8,10H,9H2,1H3,(H2,20,22,23,24). The summed E-state index contributed by atoms with van der Waals surface area (Å²) in [5, 5.41) is 13.7. The van der Waals surface area contributed by atoms with Crippen molar-refractivity contribution in [1.29, 1.82) is 0 Å². The molecule has 1 aromatic heterocycles. The van der Waals surface area contributed by atoms with Crippen LogP contribution in [0.2, 0.25) is 0 Å². The van der Waals surface area contributed by atoms with Crippen LogP contribution in [0.25, 0.3) is 0 Å². The number of hydrogen-bond acceptors (Lipinski definition) is 5. The molecule has 7 heteroatoms. The van der Waals surface area contributed by atoms with Gasteiger partial charge >= 0.3 is 0 Å². The molecule has 0 radical (unpaired) electrons. The Kier molecular flexibility index (Phi) is 4.60. The molecule has 3 rings (SSSR count). The lowest BCUT2D eigenvalue weighted by atomic mass is 10.1. The first kappa shape index (κ1) is 15.8. The minimum absolute atomic E-state index is 0.336.